The number of likely N-dealkylation sites (tertiary alicyclic amines) is 1. The van der Waals surface area contributed by atoms with Crippen molar-refractivity contribution >= 4 is 23.5 Å². The van der Waals surface area contributed by atoms with Gasteiger partial charge in [-0.05, 0) is 79.9 Å². The molecule has 3 aromatic rings. The Hall–Kier alpha value is -4.24. The summed E-state index contributed by atoms with van der Waals surface area (Å²) in [7, 11) is 0. The third kappa shape index (κ3) is 7.15. The van der Waals surface area contributed by atoms with E-state index in [2.05, 4.69) is 22.3 Å². The van der Waals surface area contributed by atoms with Crippen molar-refractivity contribution in [3.63, 3.8) is 0 Å². The lowest BCUT2D eigenvalue weighted by atomic mass is 9.96. The molecule has 1 N–H and O–H groups in total. The molecule has 2 aliphatic rings. The topological polar surface area (TPSA) is 88.2 Å². The van der Waals surface area contributed by atoms with Crippen LogP contribution in [0, 0.1) is 17.7 Å². The van der Waals surface area contributed by atoms with E-state index in [1.165, 1.54) is 34.7 Å². The van der Waals surface area contributed by atoms with Gasteiger partial charge in [0.05, 0.1) is 23.2 Å². The minimum Gasteiger partial charge on any atom is -0.463 e. The molecule has 2 aliphatic heterocycles. The number of hydrogen-bond acceptors (Lipinski definition) is 6. The summed E-state index contributed by atoms with van der Waals surface area (Å²) in [6.07, 6.45) is 1.43. The molecule has 5 rings (SSSR count). The maximum Gasteiger partial charge on any atom is 0.309 e. The molecular formula is C33H36FN3O5. The molecule has 0 bridgehead atoms. The van der Waals surface area contributed by atoms with Crippen LogP contribution in [0.25, 0.3) is 0 Å². The van der Waals surface area contributed by atoms with Gasteiger partial charge in [-0.1, -0.05) is 44.2 Å². The second-order valence-corrected chi connectivity index (χ2v) is 11.2. The van der Waals surface area contributed by atoms with Gasteiger partial charge >= 0.3 is 5.97 Å². The SMILES string of the molecule is CC(C)C(COC(=O)C1CCN(Cc2ccccc2)CC1)N1CC(=O)Nc2ccc(Oc3ccc(F)cc3)cc2C1=O. The molecule has 3 aromatic carbocycles. The van der Waals surface area contributed by atoms with E-state index in [1.54, 1.807) is 18.2 Å². The van der Waals surface area contributed by atoms with Crippen molar-refractivity contribution in [2.24, 2.45) is 11.8 Å². The molecule has 42 heavy (non-hydrogen) atoms. The molecule has 9 heteroatoms. The first-order valence-corrected chi connectivity index (χ1v) is 14.4. The average Bonchev–Trinajstić information content (AvgIpc) is 3.10. The van der Waals surface area contributed by atoms with E-state index >= 15 is 0 Å². The minimum atomic E-state index is -0.502. The Kier molecular flexibility index (Phi) is 9.17. The summed E-state index contributed by atoms with van der Waals surface area (Å²) in [6.45, 7) is 6.19. The van der Waals surface area contributed by atoms with Crippen molar-refractivity contribution < 1.29 is 28.2 Å². The van der Waals surface area contributed by atoms with Crippen molar-refractivity contribution in [1.29, 1.82) is 0 Å². The van der Waals surface area contributed by atoms with Gasteiger partial charge in [0.15, 0.2) is 0 Å². The fraction of sp³-hybridized carbons (Fsp3) is 0.364. The van der Waals surface area contributed by atoms with E-state index in [4.69, 9.17) is 9.47 Å². The second kappa shape index (κ2) is 13.2. The Morgan fingerprint density at radius 3 is 2.36 bits per heavy atom. The number of nitrogens with one attached hydrogen (secondary N) is 1. The Morgan fingerprint density at radius 2 is 1.67 bits per heavy atom. The Balaban J connectivity index is 1.23. The van der Waals surface area contributed by atoms with E-state index in [9.17, 15) is 18.8 Å². The second-order valence-electron chi connectivity index (χ2n) is 11.2. The number of benzene rings is 3. The van der Waals surface area contributed by atoms with Crippen LogP contribution >= 0.6 is 0 Å². The van der Waals surface area contributed by atoms with Gasteiger partial charge in [0.2, 0.25) is 5.91 Å². The number of amides is 2. The first-order valence-electron chi connectivity index (χ1n) is 14.4. The smallest absolute Gasteiger partial charge is 0.309 e. The van der Waals surface area contributed by atoms with Crippen LogP contribution in [0.4, 0.5) is 10.1 Å². The van der Waals surface area contributed by atoms with Gasteiger partial charge in [-0.3, -0.25) is 19.3 Å². The number of halogens is 1. The number of anilines is 1. The van der Waals surface area contributed by atoms with Gasteiger partial charge in [-0.2, -0.15) is 0 Å². The summed E-state index contributed by atoms with van der Waals surface area (Å²) in [6, 6.07) is 20.1. The third-order valence-corrected chi connectivity index (χ3v) is 7.86. The predicted octanol–water partition coefficient (Wildman–Crippen LogP) is 5.49. The Bertz CT molecular complexity index is 1400. The van der Waals surface area contributed by atoms with Crippen molar-refractivity contribution in [1.82, 2.24) is 9.80 Å². The molecule has 1 saturated heterocycles. The highest BCUT2D eigenvalue weighted by Gasteiger charge is 2.35. The van der Waals surface area contributed by atoms with E-state index in [0.717, 1.165) is 19.6 Å². The number of rotatable bonds is 9. The molecule has 1 unspecified atom stereocenters. The number of nitrogens with zero attached hydrogens (tertiary/aromatic N) is 2. The zero-order valence-corrected chi connectivity index (χ0v) is 23.9. The van der Waals surface area contributed by atoms with Gasteiger partial charge in [-0.15, -0.1) is 0 Å². The van der Waals surface area contributed by atoms with Crippen molar-refractivity contribution in [3.05, 3.63) is 89.7 Å². The molecule has 0 aromatic heterocycles. The highest BCUT2D eigenvalue weighted by atomic mass is 19.1. The number of hydrogen-bond donors (Lipinski definition) is 1. The monoisotopic (exact) mass is 573 g/mol. The van der Waals surface area contributed by atoms with Gasteiger partial charge in [0, 0.05) is 6.54 Å². The zero-order chi connectivity index (χ0) is 29.6. The molecule has 1 fully saturated rings. The molecule has 2 amide bonds. The standard InChI is InChI=1S/C33H36FN3O5/c1-22(2)30(21-41-33(40)24-14-16-36(17-15-24)19-23-6-4-3-5-7-23)37-20-31(38)35-29-13-12-27(18-28(29)32(37)39)42-26-10-8-25(34)9-11-26/h3-13,18,22,24,30H,14-17,19-21H2,1-2H3,(H,35,38). The van der Waals surface area contributed by atoms with Crippen LogP contribution < -0.4 is 10.1 Å². The quantitative estimate of drug-likeness (QED) is 0.341. The van der Waals surface area contributed by atoms with Crippen LogP contribution in [0.1, 0.15) is 42.6 Å². The summed E-state index contributed by atoms with van der Waals surface area (Å²) in [5.74, 6) is -0.836. The van der Waals surface area contributed by atoms with E-state index in [0.29, 0.717) is 30.0 Å². The first-order chi connectivity index (χ1) is 20.3. The summed E-state index contributed by atoms with van der Waals surface area (Å²) in [5, 5.41) is 2.79. The van der Waals surface area contributed by atoms with E-state index in [1.807, 2.05) is 32.0 Å². The van der Waals surface area contributed by atoms with Crippen LogP contribution in [0.3, 0.4) is 0 Å². The van der Waals surface area contributed by atoms with Crippen molar-refractivity contribution in [3.8, 4) is 11.5 Å². The number of fused-ring (bicyclic) bond motifs is 1. The Labute approximate surface area is 245 Å². The summed E-state index contributed by atoms with van der Waals surface area (Å²) in [5.41, 5.74) is 1.89. The lowest BCUT2D eigenvalue weighted by Gasteiger charge is -2.34. The molecule has 0 radical (unpaired) electrons. The molecule has 0 spiro atoms. The molecule has 0 aliphatic carbocycles. The highest BCUT2D eigenvalue weighted by molar-refractivity contribution is 6.09. The van der Waals surface area contributed by atoms with Crippen LogP contribution in [-0.2, 0) is 20.9 Å². The first kappa shape index (κ1) is 29.3. The maximum absolute atomic E-state index is 13.8. The molecule has 0 saturated carbocycles. The minimum absolute atomic E-state index is 0.000846. The summed E-state index contributed by atoms with van der Waals surface area (Å²) in [4.78, 5) is 43.5. The van der Waals surface area contributed by atoms with Gasteiger partial charge < -0.3 is 19.7 Å². The lowest BCUT2D eigenvalue weighted by molar-refractivity contribution is -0.152. The van der Waals surface area contributed by atoms with Crippen LogP contribution in [0.2, 0.25) is 0 Å². The number of carbonyl (C=O) groups is 3. The molecule has 220 valence electrons. The van der Waals surface area contributed by atoms with Crippen molar-refractivity contribution in [2.75, 3.05) is 31.6 Å². The van der Waals surface area contributed by atoms with Crippen molar-refractivity contribution in [2.45, 2.75) is 39.3 Å². The largest absolute Gasteiger partial charge is 0.463 e. The van der Waals surface area contributed by atoms with Crippen LogP contribution in [0.15, 0.2) is 72.8 Å². The lowest BCUT2D eigenvalue weighted by Crippen LogP contribution is -2.48. The number of carbonyl (C=O) groups excluding carboxylic acids is 3. The number of piperidine rings is 1. The normalized spacial score (nSPS) is 16.9. The molecule has 1 atom stereocenters. The van der Waals surface area contributed by atoms with Gasteiger partial charge in [0.25, 0.3) is 5.91 Å². The van der Waals surface area contributed by atoms with E-state index in [-0.39, 0.29) is 54.2 Å². The maximum atomic E-state index is 13.8. The van der Waals surface area contributed by atoms with Crippen LogP contribution in [-0.4, -0.2) is 59.9 Å². The van der Waals surface area contributed by atoms with Gasteiger partial charge in [0.1, 0.15) is 30.5 Å². The summed E-state index contributed by atoms with van der Waals surface area (Å²) >= 11 is 0. The van der Waals surface area contributed by atoms with Gasteiger partial charge in [-0.25, -0.2) is 4.39 Å². The molecule has 8 nitrogen and oxygen atoms in total. The number of esters is 1. The molecular weight excluding hydrogens is 537 g/mol. The third-order valence-electron chi connectivity index (χ3n) is 7.86. The number of ether oxygens (including phenoxy) is 2. The summed E-state index contributed by atoms with van der Waals surface area (Å²) < 4.78 is 24.9. The van der Waals surface area contributed by atoms with Crippen LogP contribution in [0.5, 0.6) is 11.5 Å². The Morgan fingerprint density at radius 1 is 0.976 bits per heavy atom. The fourth-order valence-electron chi connectivity index (χ4n) is 5.45. The fourth-order valence-corrected chi connectivity index (χ4v) is 5.45. The van der Waals surface area contributed by atoms with E-state index < -0.39 is 6.04 Å². The average molecular weight is 574 g/mol. The zero-order valence-electron chi connectivity index (χ0n) is 23.9. The predicted molar refractivity (Wildman–Crippen MR) is 157 cm³/mol. The molecule has 2 heterocycles. The highest BCUT2D eigenvalue weighted by Crippen LogP contribution is 2.31.